The zero-order valence-electron chi connectivity index (χ0n) is 11.6. The van der Waals surface area contributed by atoms with Crippen LogP contribution in [0.1, 0.15) is 27.1 Å². The maximum absolute atomic E-state index is 5.40. The van der Waals surface area contributed by atoms with Gasteiger partial charge in [0, 0.05) is 4.83 Å². The summed E-state index contributed by atoms with van der Waals surface area (Å²) < 4.78 is 5.40. The molecule has 0 saturated carbocycles. The zero-order valence-corrected chi connectivity index (χ0v) is 13.2. The van der Waals surface area contributed by atoms with Crippen molar-refractivity contribution in [2.45, 2.75) is 25.1 Å². The molecule has 0 aromatic heterocycles. The molecular formula is C17H19BrO. The topological polar surface area (TPSA) is 9.23 Å². The highest BCUT2D eigenvalue weighted by atomic mass is 79.9. The van der Waals surface area contributed by atoms with Gasteiger partial charge in [0.15, 0.2) is 0 Å². The third-order valence-electron chi connectivity index (χ3n) is 3.48. The molecule has 0 saturated heterocycles. The first-order valence-corrected chi connectivity index (χ1v) is 7.36. The summed E-state index contributed by atoms with van der Waals surface area (Å²) in [6, 6.07) is 14.8. The summed E-state index contributed by atoms with van der Waals surface area (Å²) in [5.74, 6) is 0.954. The van der Waals surface area contributed by atoms with Crippen molar-refractivity contribution in [2.75, 3.05) is 7.11 Å². The molecular weight excluding hydrogens is 300 g/mol. The van der Waals surface area contributed by atoms with Gasteiger partial charge in [0.25, 0.3) is 0 Å². The third-order valence-corrected chi connectivity index (χ3v) is 4.34. The summed E-state index contributed by atoms with van der Waals surface area (Å²) >= 11 is 3.79. The lowest BCUT2D eigenvalue weighted by atomic mass is 10.00. The van der Waals surface area contributed by atoms with Crippen LogP contribution in [0.15, 0.2) is 42.5 Å². The lowest BCUT2D eigenvalue weighted by Gasteiger charge is -2.14. The van der Waals surface area contributed by atoms with Gasteiger partial charge in [0.1, 0.15) is 5.75 Å². The molecule has 0 bridgehead atoms. The van der Waals surface area contributed by atoms with E-state index in [1.54, 1.807) is 7.11 Å². The predicted octanol–water partition coefficient (Wildman–Crippen LogP) is 4.99. The summed E-state index contributed by atoms with van der Waals surface area (Å²) in [7, 11) is 1.72. The number of rotatable bonds is 4. The molecule has 0 fully saturated rings. The molecule has 100 valence electrons. The first-order valence-electron chi connectivity index (χ1n) is 6.45. The Hall–Kier alpha value is -1.28. The number of alkyl halides is 1. The van der Waals surface area contributed by atoms with Crippen molar-refractivity contribution in [1.82, 2.24) is 0 Å². The van der Waals surface area contributed by atoms with Gasteiger partial charge in [-0.05, 0) is 48.6 Å². The van der Waals surface area contributed by atoms with E-state index in [9.17, 15) is 0 Å². The van der Waals surface area contributed by atoms with Crippen molar-refractivity contribution >= 4 is 15.9 Å². The second-order valence-electron chi connectivity index (χ2n) is 4.83. The van der Waals surface area contributed by atoms with Crippen LogP contribution in [0, 0.1) is 13.8 Å². The van der Waals surface area contributed by atoms with Gasteiger partial charge in [0.2, 0.25) is 0 Å². The molecule has 0 aliphatic rings. The fraction of sp³-hybridized carbons (Fsp3) is 0.294. The van der Waals surface area contributed by atoms with Crippen LogP contribution < -0.4 is 4.74 Å². The molecule has 2 aromatic rings. The Labute approximate surface area is 123 Å². The van der Waals surface area contributed by atoms with Crippen LogP contribution in [-0.2, 0) is 6.42 Å². The van der Waals surface area contributed by atoms with E-state index in [0.29, 0.717) is 4.83 Å². The van der Waals surface area contributed by atoms with Crippen molar-refractivity contribution in [1.29, 1.82) is 0 Å². The van der Waals surface area contributed by atoms with Crippen LogP contribution in [0.25, 0.3) is 0 Å². The summed E-state index contributed by atoms with van der Waals surface area (Å²) in [4.78, 5) is 0.308. The minimum atomic E-state index is 0.308. The monoisotopic (exact) mass is 318 g/mol. The standard InChI is InChI=1S/C17H19BrO/c1-12-8-9-14(10-13(12)2)16(18)11-15-6-4-5-7-17(15)19-3/h4-10,16H,11H2,1-3H3. The summed E-state index contributed by atoms with van der Waals surface area (Å²) in [6.07, 6.45) is 0.923. The Kier molecular flexibility index (Phi) is 4.65. The molecule has 2 rings (SSSR count). The van der Waals surface area contributed by atoms with Crippen molar-refractivity contribution in [2.24, 2.45) is 0 Å². The molecule has 0 aliphatic heterocycles. The average molecular weight is 319 g/mol. The van der Waals surface area contributed by atoms with Crippen LogP contribution in [0.2, 0.25) is 0 Å². The number of ether oxygens (including phenoxy) is 1. The molecule has 2 aromatic carbocycles. The molecule has 2 heteroatoms. The van der Waals surface area contributed by atoms with Gasteiger partial charge in [-0.3, -0.25) is 0 Å². The smallest absolute Gasteiger partial charge is 0.122 e. The van der Waals surface area contributed by atoms with Gasteiger partial charge in [-0.25, -0.2) is 0 Å². The van der Waals surface area contributed by atoms with Crippen LogP contribution in [0.5, 0.6) is 5.75 Å². The summed E-state index contributed by atoms with van der Waals surface area (Å²) in [6.45, 7) is 4.30. The number of hydrogen-bond acceptors (Lipinski definition) is 1. The highest BCUT2D eigenvalue weighted by molar-refractivity contribution is 9.09. The Morgan fingerprint density at radius 3 is 2.47 bits per heavy atom. The van der Waals surface area contributed by atoms with Crippen LogP contribution in [-0.4, -0.2) is 7.11 Å². The van der Waals surface area contributed by atoms with E-state index in [1.807, 2.05) is 12.1 Å². The molecule has 1 nitrogen and oxygen atoms in total. The Morgan fingerprint density at radius 2 is 1.79 bits per heavy atom. The molecule has 0 radical (unpaired) electrons. The summed E-state index contributed by atoms with van der Waals surface area (Å²) in [5.41, 5.74) is 5.21. The van der Waals surface area contributed by atoms with E-state index >= 15 is 0 Å². The van der Waals surface area contributed by atoms with Crippen molar-refractivity contribution in [3.8, 4) is 5.75 Å². The fourth-order valence-electron chi connectivity index (χ4n) is 2.14. The molecule has 0 heterocycles. The van der Waals surface area contributed by atoms with E-state index in [1.165, 1.54) is 22.3 Å². The molecule has 0 amide bonds. The van der Waals surface area contributed by atoms with Crippen molar-refractivity contribution in [3.05, 3.63) is 64.7 Å². The maximum atomic E-state index is 5.40. The van der Waals surface area contributed by atoms with Crippen molar-refractivity contribution in [3.63, 3.8) is 0 Å². The molecule has 1 unspecified atom stereocenters. The van der Waals surface area contributed by atoms with E-state index < -0.39 is 0 Å². The third kappa shape index (κ3) is 3.38. The molecule has 19 heavy (non-hydrogen) atoms. The highest BCUT2D eigenvalue weighted by Gasteiger charge is 2.12. The second-order valence-corrected chi connectivity index (χ2v) is 5.93. The zero-order chi connectivity index (χ0) is 13.8. The number of halogens is 1. The Balaban J connectivity index is 2.20. The normalized spacial score (nSPS) is 12.2. The van der Waals surface area contributed by atoms with Gasteiger partial charge >= 0.3 is 0 Å². The van der Waals surface area contributed by atoms with E-state index in [0.717, 1.165) is 12.2 Å². The second kappa shape index (κ2) is 6.25. The first-order chi connectivity index (χ1) is 9.11. The van der Waals surface area contributed by atoms with Crippen LogP contribution in [0.4, 0.5) is 0 Å². The average Bonchev–Trinajstić information content (AvgIpc) is 2.42. The van der Waals surface area contributed by atoms with Crippen LogP contribution >= 0.6 is 15.9 Å². The Morgan fingerprint density at radius 1 is 1.05 bits per heavy atom. The van der Waals surface area contributed by atoms with E-state index in [2.05, 4.69) is 60.1 Å². The first kappa shape index (κ1) is 14.1. The highest BCUT2D eigenvalue weighted by Crippen LogP contribution is 2.31. The summed E-state index contributed by atoms with van der Waals surface area (Å²) in [5, 5.41) is 0. The maximum Gasteiger partial charge on any atom is 0.122 e. The van der Waals surface area contributed by atoms with Crippen molar-refractivity contribution < 1.29 is 4.74 Å². The fourth-order valence-corrected chi connectivity index (χ4v) is 2.78. The lowest BCUT2D eigenvalue weighted by Crippen LogP contribution is -1.99. The number of para-hydroxylation sites is 1. The molecule has 0 N–H and O–H groups in total. The largest absolute Gasteiger partial charge is 0.496 e. The molecule has 0 aliphatic carbocycles. The number of hydrogen-bond donors (Lipinski definition) is 0. The predicted molar refractivity (Wildman–Crippen MR) is 84.3 cm³/mol. The number of benzene rings is 2. The van der Waals surface area contributed by atoms with Gasteiger partial charge in [-0.1, -0.05) is 52.3 Å². The minimum Gasteiger partial charge on any atom is -0.496 e. The van der Waals surface area contributed by atoms with E-state index in [-0.39, 0.29) is 0 Å². The number of aryl methyl sites for hydroxylation is 2. The number of methoxy groups -OCH3 is 1. The van der Waals surface area contributed by atoms with Gasteiger partial charge in [0.05, 0.1) is 7.11 Å². The molecule has 1 atom stereocenters. The molecule has 0 spiro atoms. The SMILES string of the molecule is COc1ccccc1CC(Br)c1ccc(C)c(C)c1. The quantitative estimate of drug-likeness (QED) is 0.721. The minimum absolute atomic E-state index is 0.308. The van der Waals surface area contributed by atoms with Gasteiger partial charge < -0.3 is 4.74 Å². The van der Waals surface area contributed by atoms with Crippen LogP contribution in [0.3, 0.4) is 0 Å². The lowest BCUT2D eigenvalue weighted by molar-refractivity contribution is 0.409. The van der Waals surface area contributed by atoms with E-state index in [4.69, 9.17) is 4.74 Å². The Bertz CT molecular complexity index is 563. The van der Waals surface area contributed by atoms with Gasteiger partial charge in [-0.15, -0.1) is 0 Å². The van der Waals surface area contributed by atoms with Gasteiger partial charge in [-0.2, -0.15) is 0 Å².